The summed E-state index contributed by atoms with van der Waals surface area (Å²) >= 11 is 0. The van der Waals surface area contributed by atoms with Crippen molar-refractivity contribution in [2.45, 2.75) is 57.5 Å². The maximum Gasteiger partial charge on any atom is 0.164 e. The number of pyridine rings is 1. The fourth-order valence-electron chi connectivity index (χ4n) is 4.93. The van der Waals surface area contributed by atoms with Crippen molar-refractivity contribution in [1.82, 2.24) is 9.88 Å². The molecule has 1 unspecified atom stereocenters. The molecule has 1 aromatic carbocycles. The normalized spacial score (nSPS) is 24.9. The largest absolute Gasteiger partial charge is 0.297 e. The maximum atomic E-state index is 13.4. The van der Waals surface area contributed by atoms with Gasteiger partial charge in [0.1, 0.15) is 5.82 Å². The van der Waals surface area contributed by atoms with Gasteiger partial charge in [0.25, 0.3) is 0 Å². The Bertz CT molecular complexity index is 790. The molecule has 142 valence electrons. The average molecular weight is 366 g/mol. The Morgan fingerprint density at radius 3 is 2.59 bits per heavy atom. The highest BCUT2D eigenvalue weighted by atomic mass is 19.1. The van der Waals surface area contributed by atoms with Gasteiger partial charge in [-0.25, -0.2) is 4.39 Å². The molecule has 2 fully saturated rings. The van der Waals surface area contributed by atoms with Crippen LogP contribution in [0.2, 0.25) is 0 Å². The SMILES string of the molecule is CCCN1[C@@H]2CC[C@H]1CC(CC(=O)c1ccc(-c3cccc(F)c3)nc1)C2. The van der Waals surface area contributed by atoms with E-state index in [4.69, 9.17) is 0 Å². The van der Waals surface area contributed by atoms with Crippen LogP contribution in [0.25, 0.3) is 11.3 Å². The van der Waals surface area contributed by atoms with Crippen LogP contribution in [0.1, 0.15) is 55.8 Å². The number of ketones is 1. The van der Waals surface area contributed by atoms with Gasteiger partial charge in [0, 0.05) is 35.8 Å². The quantitative estimate of drug-likeness (QED) is 0.666. The lowest BCUT2D eigenvalue weighted by Crippen LogP contribution is -2.43. The van der Waals surface area contributed by atoms with Gasteiger partial charge in [-0.3, -0.25) is 14.7 Å². The highest BCUT2D eigenvalue weighted by Crippen LogP contribution is 2.40. The lowest BCUT2D eigenvalue weighted by atomic mass is 9.85. The summed E-state index contributed by atoms with van der Waals surface area (Å²) in [6.07, 6.45) is 8.35. The van der Waals surface area contributed by atoms with Gasteiger partial charge < -0.3 is 0 Å². The number of benzene rings is 1. The summed E-state index contributed by atoms with van der Waals surface area (Å²) in [5.41, 5.74) is 2.09. The van der Waals surface area contributed by atoms with Crippen molar-refractivity contribution in [3.05, 3.63) is 54.0 Å². The molecule has 3 nitrogen and oxygen atoms in total. The zero-order valence-corrected chi connectivity index (χ0v) is 15.9. The minimum atomic E-state index is -0.279. The van der Waals surface area contributed by atoms with Gasteiger partial charge in [-0.2, -0.15) is 0 Å². The number of Topliss-reactive ketones (excluding diaryl/α,β-unsaturated/α-hetero) is 1. The predicted octanol–water partition coefficient (Wildman–Crippen LogP) is 5.11. The summed E-state index contributed by atoms with van der Waals surface area (Å²) in [5, 5.41) is 0. The maximum absolute atomic E-state index is 13.4. The van der Waals surface area contributed by atoms with Crippen LogP contribution in [0.15, 0.2) is 42.6 Å². The Hall–Kier alpha value is -2.07. The van der Waals surface area contributed by atoms with Gasteiger partial charge in [-0.15, -0.1) is 0 Å². The zero-order chi connectivity index (χ0) is 18.8. The summed E-state index contributed by atoms with van der Waals surface area (Å²) in [7, 11) is 0. The lowest BCUT2D eigenvalue weighted by molar-refractivity contribution is 0.0816. The van der Waals surface area contributed by atoms with Gasteiger partial charge in [-0.1, -0.05) is 19.1 Å². The first-order valence-electron chi connectivity index (χ1n) is 10.1. The number of carbonyl (C=O) groups is 1. The van der Waals surface area contributed by atoms with Crippen LogP contribution in [-0.2, 0) is 0 Å². The fraction of sp³-hybridized carbons (Fsp3) is 0.478. The molecule has 0 N–H and O–H groups in total. The second-order valence-electron chi connectivity index (χ2n) is 8.03. The average Bonchev–Trinajstić information content (AvgIpc) is 2.91. The van der Waals surface area contributed by atoms with Gasteiger partial charge >= 0.3 is 0 Å². The molecular formula is C23H27FN2O. The molecule has 0 aliphatic carbocycles. The highest BCUT2D eigenvalue weighted by Gasteiger charge is 2.40. The monoisotopic (exact) mass is 366 g/mol. The van der Waals surface area contributed by atoms with Crippen LogP contribution in [0.4, 0.5) is 4.39 Å². The molecule has 0 radical (unpaired) electrons. The van der Waals surface area contributed by atoms with Crippen molar-refractivity contribution in [2.75, 3.05) is 6.54 Å². The summed E-state index contributed by atoms with van der Waals surface area (Å²) in [4.78, 5) is 19.8. The molecule has 4 rings (SSSR count). The van der Waals surface area contributed by atoms with E-state index in [9.17, 15) is 9.18 Å². The van der Waals surface area contributed by atoms with Crippen molar-refractivity contribution in [2.24, 2.45) is 5.92 Å². The summed E-state index contributed by atoms with van der Waals surface area (Å²) < 4.78 is 13.4. The number of hydrogen-bond donors (Lipinski definition) is 0. The Balaban J connectivity index is 1.39. The van der Waals surface area contributed by atoms with Crippen molar-refractivity contribution in [1.29, 1.82) is 0 Å². The molecule has 27 heavy (non-hydrogen) atoms. The molecule has 3 atom stereocenters. The molecule has 4 heteroatoms. The number of nitrogens with zero attached hydrogens (tertiary/aromatic N) is 2. The Labute approximate surface area is 160 Å². The number of aromatic nitrogens is 1. The number of carbonyl (C=O) groups excluding carboxylic acids is 1. The third-order valence-electron chi connectivity index (χ3n) is 6.14. The molecule has 2 aromatic rings. The molecule has 2 aliphatic heterocycles. The van der Waals surface area contributed by atoms with Crippen LogP contribution in [0, 0.1) is 11.7 Å². The minimum absolute atomic E-state index is 0.182. The second kappa shape index (κ2) is 7.89. The van der Waals surface area contributed by atoms with Crippen LogP contribution in [0.3, 0.4) is 0 Å². The van der Waals surface area contributed by atoms with E-state index in [-0.39, 0.29) is 11.6 Å². The summed E-state index contributed by atoms with van der Waals surface area (Å²) in [6.45, 7) is 3.44. The Morgan fingerprint density at radius 1 is 1.19 bits per heavy atom. The molecule has 2 saturated heterocycles. The van der Waals surface area contributed by atoms with E-state index < -0.39 is 0 Å². The van der Waals surface area contributed by atoms with Crippen molar-refractivity contribution >= 4 is 5.78 Å². The van der Waals surface area contributed by atoms with E-state index in [0.29, 0.717) is 35.7 Å². The van der Waals surface area contributed by atoms with Crippen molar-refractivity contribution in [3.8, 4) is 11.3 Å². The van der Waals surface area contributed by atoms with E-state index >= 15 is 0 Å². The Morgan fingerprint density at radius 2 is 1.96 bits per heavy atom. The summed E-state index contributed by atoms with van der Waals surface area (Å²) in [5.74, 6) is 0.395. The van der Waals surface area contributed by atoms with Gasteiger partial charge in [-0.05, 0) is 68.8 Å². The number of piperidine rings is 1. The zero-order valence-electron chi connectivity index (χ0n) is 15.9. The first-order chi connectivity index (χ1) is 13.1. The van der Waals surface area contributed by atoms with Crippen LogP contribution in [0.5, 0.6) is 0 Å². The van der Waals surface area contributed by atoms with Crippen molar-refractivity contribution in [3.63, 3.8) is 0 Å². The van der Waals surface area contributed by atoms with Crippen LogP contribution in [-0.4, -0.2) is 34.3 Å². The van der Waals surface area contributed by atoms with Crippen LogP contribution < -0.4 is 0 Å². The Kier molecular flexibility index (Phi) is 5.35. The van der Waals surface area contributed by atoms with Crippen molar-refractivity contribution < 1.29 is 9.18 Å². The smallest absolute Gasteiger partial charge is 0.164 e. The van der Waals surface area contributed by atoms with E-state index in [1.165, 1.54) is 37.9 Å². The van der Waals surface area contributed by atoms with E-state index in [0.717, 1.165) is 18.4 Å². The lowest BCUT2D eigenvalue weighted by Gasteiger charge is -2.38. The fourth-order valence-corrected chi connectivity index (χ4v) is 4.93. The number of hydrogen-bond acceptors (Lipinski definition) is 3. The molecule has 0 spiro atoms. The molecule has 1 aromatic heterocycles. The highest BCUT2D eigenvalue weighted by molar-refractivity contribution is 5.96. The third kappa shape index (κ3) is 3.96. The van der Waals surface area contributed by atoms with Gasteiger partial charge in [0.15, 0.2) is 5.78 Å². The molecule has 0 amide bonds. The minimum Gasteiger partial charge on any atom is -0.297 e. The van der Waals surface area contributed by atoms with Gasteiger partial charge in [0.05, 0.1) is 5.69 Å². The van der Waals surface area contributed by atoms with Gasteiger partial charge in [0.2, 0.25) is 0 Å². The first kappa shape index (κ1) is 18.3. The second-order valence-corrected chi connectivity index (χ2v) is 8.03. The standard InChI is InChI=1S/C23H27FN2O/c1-2-10-26-20-7-8-21(26)12-16(11-20)13-23(27)18-6-9-22(25-15-18)17-4-3-5-19(24)14-17/h3-6,9,14-16,20-21H,2,7-8,10-13H2,1H3/t16?,20-,21+. The third-order valence-corrected chi connectivity index (χ3v) is 6.14. The van der Waals surface area contributed by atoms with E-state index in [2.05, 4.69) is 16.8 Å². The number of fused-ring (bicyclic) bond motifs is 2. The molecule has 2 aliphatic rings. The first-order valence-corrected chi connectivity index (χ1v) is 10.1. The number of halogens is 1. The molecule has 2 bridgehead atoms. The molecular weight excluding hydrogens is 339 g/mol. The van der Waals surface area contributed by atoms with E-state index in [1.807, 2.05) is 18.2 Å². The molecule has 3 heterocycles. The number of rotatable bonds is 6. The summed E-state index contributed by atoms with van der Waals surface area (Å²) in [6, 6.07) is 11.4. The molecule has 0 saturated carbocycles. The van der Waals surface area contributed by atoms with E-state index in [1.54, 1.807) is 12.3 Å². The topological polar surface area (TPSA) is 33.2 Å². The predicted molar refractivity (Wildman–Crippen MR) is 105 cm³/mol. The van der Waals surface area contributed by atoms with Crippen LogP contribution >= 0.6 is 0 Å².